The lowest BCUT2D eigenvalue weighted by molar-refractivity contribution is -0.137. The minimum absolute atomic E-state index is 0.179. The number of aryl methyl sites for hydroxylation is 1. The van der Waals surface area contributed by atoms with E-state index < -0.39 is 22.7 Å². The Balaban J connectivity index is 1.32. The fourth-order valence-electron chi connectivity index (χ4n) is 4.14. The fraction of sp³-hybridized carbons (Fsp3) is 0.269. The number of nitrogens with one attached hydrogen (secondary N) is 3. The zero-order valence-corrected chi connectivity index (χ0v) is 22.8. The van der Waals surface area contributed by atoms with Gasteiger partial charge in [0, 0.05) is 49.2 Å². The number of piperazine rings is 1. The molecule has 2 aromatic carbocycles. The number of likely N-dealkylation sites (N-methyl/N-ethyl adjacent to an activating group) is 1. The van der Waals surface area contributed by atoms with E-state index in [-0.39, 0.29) is 5.56 Å². The molecule has 0 saturated carbocycles. The van der Waals surface area contributed by atoms with Gasteiger partial charge in [0.1, 0.15) is 18.5 Å². The van der Waals surface area contributed by atoms with Crippen molar-refractivity contribution >= 4 is 40.6 Å². The third-order valence-electron chi connectivity index (χ3n) is 6.47. The number of nitrogens with zero attached hydrogens (tertiary/aromatic N) is 7. The first-order valence-corrected chi connectivity index (χ1v) is 12.9. The molecule has 2 aromatic heterocycles. The van der Waals surface area contributed by atoms with Gasteiger partial charge in [0.25, 0.3) is 5.91 Å². The summed E-state index contributed by atoms with van der Waals surface area (Å²) in [6.07, 6.45) is -1.88. The lowest BCUT2D eigenvalue weighted by Gasteiger charge is -2.32. The minimum Gasteiger partial charge on any atom is -0.324 e. The normalized spacial score (nSPS) is 14.6. The second-order valence-corrected chi connectivity index (χ2v) is 9.87. The molecule has 3 N–H and O–H groups in total. The first-order valence-electron chi connectivity index (χ1n) is 12.6. The van der Waals surface area contributed by atoms with E-state index in [0.717, 1.165) is 43.9 Å². The van der Waals surface area contributed by atoms with Gasteiger partial charge >= 0.3 is 6.18 Å². The Hall–Kier alpha value is -4.27. The molecule has 3 heterocycles. The summed E-state index contributed by atoms with van der Waals surface area (Å²) in [6, 6.07) is 9.80. The largest absolute Gasteiger partial charge is 0.417 e. The number of hydrogen-bond donors (Lipinski definition) is 3. The van der Waals surface area contributed by atoms with E-state index in [1.165, 1.54) is 23.4 Å². The number of hydrazine groups is 1. The highest BCUT2D eigenvalue weighted by molar-refractivity contribution is 6.31. The lowest BCUT2D eigenvalue weighted by atomic mass is 10.1. The van der Waals surface area contributed by atoms with Crippen LogP contribution in [0.25, 0.3) is 5.82 Å². The van der Waals surface area contributed by atoms with Crippen molar-refractivity contribution < 1.29 is 18.0 Å². The molecule has 0 atom stereocenters. The van der Waals surface area contributed by atoms with Crippen LogP contribution in [0.5, 0.6) is 0 Å². The molecular formula is C26H26ClF3N10O. The van der Waals surface area contributed by atoms with Crippen LogP contribution >= 0.6 is 11.6 Å². The van der Waals surface area contributed by atoms with E-state index in [0.29, 0.717) is 29.0 Å². The van der Waals surface area contributed by atoms with Crippen molar-refractivity contribution in [3.8, 4) is 5.82 Å². The molecule has 4 aromatic rings. The van der Waals surface area contributed by atoms with Crippen LogP contribution < -0.4 is 16.1 Å². The van der Waals surface area contributed by atoms with Crippen molar-refractivity contribution in [3.63, 3.8) is 0 Å². The molecule has 11 nitrogen and oxygen atoms in total. The second-order valence-electron chi connectivity index (χ2n) is 9.46. The quantitative estimate of drug-likeness (QED) is 0.285. The number of amides is 1. The van der Waals surface area contributed by atoms with Crippen LogP contribution in [0.2, 0.25) is 5.02 Å². The van der Waals surface area contributed by atoms with Gasteiger partial charge in [-0.3, -0.25) is 4.79 Å². The molecule has 15 heteroatoms. The summed E-state index contributed by atoms with van der Waals surface area (Å²) < 4.78 is 41.2. The Morgan fingerprint density at radius 3 is 2.51 bits per heavy atom. The average Bonchev–Trinajstić information content (AvgIpc) is 3.40. The van der Waals surface area contributed by atoms with E-state index in [2.05, 4.69) is 53.1 Å². The van der Waals surface area contributed by atoms with Crippen LogP contribution in [0.4, 0.5) is 36.3 Å². The predicted octanol–water partition coefficient (Wildman–Crippen LogP) is 4.61. The topological polar surface area (TPSA) is 116 Å². The number of hydrogen-bond acceptors (Lipinski definition) is 9. The minimum atomic E-state index is -4.69. The average molecular weight is 587 g/mol. The van der Waals surface area contributed by atoms with E-state index in [1.807, 2.05) is 6.92 Å². The van der Waals surface area contributed by atoms with Crippen molar-refractivity contribution in [2.24, 2.45) is 0 Å². The third-order valence-corrected chi connectivity index (χ3v) is 6.80. The summed E-state index contributed by atoms with van der Waals surface area (Å²) in [6.45, 7) is 5.43. The maximum Gasteiger partial charge on any atom is 0.417 e. The molecule has 0 radical (unpaired) electrons. The number of carbonyl (C=O) groups is 1. The summed E-state index contributed by atoms with van der Waals surface area (Å²) in [4.78, 5) is 27.9. The molecule has 0 spiro atoms. The molecule has 41 heavy (non-hydrogen) atoms. The first-order chi connectivity index (χ1) is 19.6. The van der Waals surface area contributed by atoms with Crippen molar-refractivity contribution in [1.29, 1.82) is 0 Å². The van der Waals surface area contributed by atoms with Crippen molar-refractivity contribution in [3.05, 3.63) is 76.8 Å². The Bertz CT molecular complexity index is 1550. The zero-order valence-electron chi connectivity index (χ0n) is 22.1. The van der Waals surface area contributed by atoms with Crippen LogP contribution in [-0.4, -0.2) is 73.8 Å². The highest BCUT2D eigenvalue weighted by Gasteiger charge is 2.34. The van der Waals surface area contributed by atoms with Crippen LogP contribution in [0.15, 0.2) is 55.1 Å². The molecular weight excluding hydrogens is 561 g/mol. The van der Waals surface area contributed by atoms with Crippen molar-refractivity contribution in [2.45, 2.75) is 13.1 Å². The van der Waals surface area contributed by atoms with E-state index in [1.54, 1.807) is 24.3 Å². The summed E-state index contributed by atoms with van der Waals surface area (Å²) in [5.41, 5.74) is 3.81. The highest BCUT2D eigenvalue weighted by atomic mass is 35.5. The van der Waals surface area contributed by atoms with Gasteiger partial charge in [-0.1, -0.05) is 17.7 Å². The molecule has 214 valence electrons. The van der Waals surface area contributed by atoms with Gasteiger partial charge in [-0.2, -0.15) is 27.9 Å². The summed E-state index contributed by atoms with van der Waals surface area (Å²) in [5, 5.41) is 11.7. The predicted molar refractivity (Wildman–Crippen MR) is 149 cm³/mol. The first kappa shape index (κ1) is 28.3. The van der Waals surface area contributed by atoms with Gasteiger partial charge in [-0.25, -0.2) is 15.0 Å². The van der Waals surface area contributed by atoms with E-state index in [4.69, 9.17) is 11.6 Å². The molecule has 1 saturated heterocycles. The van der Waals surface area contributed by atoms with Crippen LogP contribution in [-0.2, 0) is 6.18 Å². The van der Waals surface area contributed by atoms with E-state index in [9.17, 15) is 18.0 Å². The number of halogens is 4. The SMILES string of the molecule is Cc1ccc(NC(=O)c2ccc(Cl)c(C(F)(F)F)c2)cc1Nc1ncnn1-c1cc(NN2CCN(C)CC2)ncn1. The van der Waals surface area contributed by atoms with Gasteiger partial charge in [-0.05, 0) is 49.9 Å². The Morgan fingerprint density at radius 2 is 1.76 bits per heavy atom. The van der Waals surface area contributed by atoms with Gasteiger partial charge in [0.05, 0.1) is 10.6 Å². The third kappa shape index (κ3) is 6.73. The number of carbonyl (C=O) groups excluding carboxylic acids is 1. The maximum absolute atomic E-state index is 13.2. The Morgan fingerprint density at radius 1 is 0.976 bits per heavy atom. The highest BCUT2D eigenvalue weighted by Crippen LogP contribution is 2.35. The van der Waals surface area contributed by atoms with Gasteiger partial charge < -0.3 is 21.0 Å². The number of aromatic nitrogens is 5. The molecule has 1 aliphatic heterocycles. The number of benzene rings is 2. The zero-order chi connectivity index (χ0) is 29.1. The number of anilines is 4. The van der Waals surface area contributed by atoms with Gasteiger partial charge in [-0.15, -0.1) is 0 Å². The van der Waals surface area contributed by atoms with E-state index >= 15 is 0 Å². The molecule has 0 unspecified atom stereocenters. The van der Waals surface area contributed by atoms with Crippen LogP contribution in [0.1, 0.15) is 21.5 Å². The molecule has 0 aliphatic carbocycles. The Labute approximate surface area is 238 Å². The summed E-state index contributed by atoms with van der Waals surface area (Å²) >= 11 is 5.68. The molecule has 1 fully saturated rings. The van der Waals surface area contributed by atoms with Crippen molar-refractivity contribution in [1.82, 2.24) is 34.6 Å². The second kappa shape index (κ2) is 11.7. The smallest absolute Gasteiger partial charge is 0.324 e. The molecule has 1 amide bonds. The Kier molecular flexibility index (Phi) is 8.06. The summed E-state index contributed by atoms with van der Waals surface area (Å²) in [5.74, 6) is 0.722. The number of rotatable bonds is 7. The van der Waals surface area contributed by atoms with Crippen molar-refractivity contribution in [2.75, 3.05) is 49.3 Å². The van der Waals surface area contributed by atoms with Crippen LogP contribution in [0.3, 0.4) is 0 Å². The monoisotopic (exact) mass is 586 g/mol. The van der Waals surface area contributed by atoms with Gasteiger partial charge in [0.15, 0.2) is 5.82 Å². The molecule has 0 bridgehead atoms. The fourth-order valence-corrected chi connectivity index (χ4v) is 4.37. The maximum atomic E-state index is 13.2. The van der Waals surface area contributed by atoms with Gasteiger partial charge in [0.2, 0.25) is 5.95 Å². The standard InChI is InChI=1S/C26H26ClF3N10O/c1-16-3-5-18(35-24(41)17-4-6-20(27)19(11-17)26(28,29)30)12-21(16)36-25-33-15-34-40(25)23-13-22(31-14-32-23)37-39-9-7-38(2)8-10-39/h3-6,11-15H,7-10H2,1-2H3,(H,35,41)(H,31,32,37)(H,33,34,36). The lowest BCUT2D eigenvalue weighted by Crippen LogP contribution is -2.47. The molecule has 1 aliphatic rings. The van der Waals surface area contributed by atoms with Crippen LogP contribution in [0, 0.1) is 6.92 Å². The molecule has 5 rings (SSSR count). The number of alkyl halides is 3. The summed E-state index contributed by atoms with van der Waals surface area (Å²) in [7, 11) is 2.08.